The number of nitrogens with one attached hydrogen (secondary N) is 1. The van der Waals surface area contributed by atoms with Gasteiger partial charge in [0.1, 0.15) is 0 Å². The molecule has 0 aliphatic heterocycles. The summed E-state index contributed by atoms with van der Waals surface area (Å²) in [6.45, 7) is 4.26. The summed E-state index contributed by atoms with van der Waals surface area (Å²) in [6, 6.07) is 7.88. The molecule has 0 fully saturated rings. The third kappa shape index (κ3) is 2.72. The second kappa shape index (κ2) is 5.62. The van der Waals surface area contributed by atoms with Crippen molar-refractivity contribution < 1.29 is 0 Å². The minimum absolute atomic E-state index is 0.0913. The lowest BCUT2D eigenvalue weighted by atomic mass is 10.0. The van der Waals surface area contributed by atoms with Crippen molar-refractivity contribution in [2.24, 2.45) is 0 Å². The molecular weight excluding hydrogens is 285 g/mol. The van der Waals surface area contributed by atoms with Crippen molar-refractivity contribution in [2.75, 3.05) is 7.05 Å². The van der Waals surface area contributed by atoms with Crippen LogP contribution in [0.25, 0.3) is 0 Å². The number of thiophene rings is 1. The fraction of sp³-hybridized carbons (Fsp3) is 0.286. The molecule has 1 heterocycles. The molecule has 2 aromatic rings. The van der Waals surface area contributed by atoms with E-state index in [1.165, 1.54) is 15.3 Å². The molecule has 1 aromatic carbocycles. The highest BCUT2D eigenvalue weighted by Crippen LogP contribution is 2.34. The summed E-state index contributed by atoms with van der Waals surface area (Å²) in [4.78, 5) is 2.60. The van der Waals surface area contributed by atoms with Gasteiger partial charge >= 0.3 is 0 Å². The maximum Gasteiger partial charge on any atom is 0.0683 e. The van der Waals surface area contributed by atoms with E-state index in [-0.39, 0.29) is 6.04 Å². The molecule has 0 saturated carbocycles. The molecule has 0 aliphatic carbocycles. The normalized spacial score (nSPS) is 12.7. The third-order valence-corrected chi connectivity index (χ3v) is 4.82. The summed E-state index contributed by atoms with van der Waals surface area (Å²) in [6.07, 6.45) is 0. The second-order valence-electron chi connectivity index (χ2n) is 4.28. The molecule has 1 unspecified atom stereocenters. The molecule has 0 bridgehead atoms. The van der Waals surface area contributed by atoms with E-state index >= 15 is 0 Å². The van der Waals surface area contributed by atoms with E-state index in [4.69, 9.17) is 23.2 Å². The van der Waals surface area contributed by atoms with E-state index in [1.807, 2.05) is 25.2 Å². The molecule has 96 valence electrons. The Labute approximate surface area is 122 Å². The van der Waals surface area contributed by atoms with Gasteiger partial charge in [-0.15, -0.1) is 11.3 Å². The fourth-order valence-electron chi connectivity index (χ4n) is 1.93. The van der Waals surface area contributed by atoms with Gasteiger partial charge in [-0.2, -0.15) is 0 Å². The predicted molar refractivity (Wildman–Crippen MR) is 81.2 cm³/mol. The highest BCUT2D eigenvalue weighted by atomic mass is 35.5. The first-order chi connectivity index (χ1) is 8.52. The summed E-state index contributed by atoms with van der Waals surface area (Å²) in [5.41, 5.74) is 2.33. The minimum Gasteiger partial charge on any atom is -0.309 e. The van der Waals surface area contributed by atoms with Crippen molar-refractivity contribution in [1.29, 1.82) is 0 Å². The molecule has 0 spiro atoms. The van der Waals surface area contributed by atoms with Crippen LogP contribution < -0.4 is 5.32 Å². The Morgan fingerprint density at radius 1 is 1.17 bits per heavy atom. The van der Waals surface area contributed by atoms with Crippen molar-refractivity contribution in [3.05, 3.63) is 55.2 Å². The van der Waals surface area contributed by atoms with Gasteiger partial charge in [-0.25, -0.2) is 0 Å². The van der Waals surface area contributed by atoms with Crippen LogP contribution in [0.1, 0.15) is 26.9 Å². The Hall–Kier alpha value is -0.540. The molecule has 1 atom stereocenters. The first-order valence-corrected chi connectivity index (χ1v) is 7.29. The SMILES string of the molecule is CNC(c1cc(C)c(C)s1)c1cc(Cl)ccc1Cl. The maximum absolute atomic E-state index is 6.27. The summed E-state index contributed by atoms with van der Waals surface area (Å²) in [7, 11) is 1.94. The van der Waals surface area contributed by atoms with Crippen molar-refractivity contribution >= 4 is 34.5 Å². The maximum atomic E-state index is 6.27. The van der Waals surface area contributed by atoms with E-state index < -0.39 is 0 Å². The zero-order valence-corrected chi connectivity index (χ0v) is 12.9. The number of hydrogen-bond donors (Lipinski definition) is 1. The van der Waals surface area contributed by atoms with Gasteiger partial charge in [0.15, 0.2) is 0 Å². The molecule has 0 saturated heterocycles. The quantitative estimate of drug-likeness (QED) is 0.843. The van der Waals surface area contributed by atoms with Gasteiger partial charge in [-0.05, 0) is 56.3 Å². The topological polar surface area (TPSA) is 12.0 Å². The third-order valence-electron chi connectivity index (χ3n) is 3.03. The minimum atomic E-state index is 0.0913. The predicted octanol–water partition coefficient (Wildman–Crippen LogP) is 4.98. The van der Waals surface area contributed by atoms with Crippen molar-refractivity contribution in [2.45, 2.75) is 19.9 Å². The van der Waals surface area contributed by atoms with E-state index in [1.54, 1.807) is 11.3 Å². The molecular formula is C14H15Cl2NS. The summed E-state index contributed by atoms with van der Waals surface area (Å²) >= 11 is 14.1. The number of halogens is 2. The summed E-state index contributed by atoms with van der Waals surface area (Å²) in [5.74, 6) is 0. The van der Waals surface area contributed by atoms with Crippen LogP contribution in [0.4, 0.5) is 0 Å². The van der Waals surface area contributed by atoms with Gasteiger partial charge in [-0.3, -0.25) is 0 Å². The van der Waals surface area contributed by atoms with Crippen LogP contribution >= 0.6 is 34.5 Å². The standard InChI is InChI=1S/C14H15Cl2NS/c1-8-6-13(18-9(8)2)14(17-3)11-7-10(15)4-5-12(11)16/h4-7,14,17H,1-3H3. The Morgan fingerprint density at radius 3 is 2.44 bits per heavy atom. The summed E-state index contributed by atoms with van der Waals surface area (Å²) < 4.78 is 0. The van der Waals surface area contributed by atoms with E-state index in [2.05, 4.69) is 25.2 Å². The lowest BCUT2D eigenvalue weighted by molar-refractivity contribution is 0.704. The first-order valence-electron chi connectivity index (χ1n) is 5.72. The number of rotatable bonds is 3. The molecule has 0 aliphatic rings. The Morgan fingerprint density at radius 2 is 1.89 bits per heavy atom. The molecule has 0 radical (unpaired) electrons. The smallest absolute Gasteiger partial charge is 0.0683 e. The Kier molecular flexibility index (Phi) is 4.33. The van der Waals surface area contributed by atoms with Crippen molar-refractivity contribution in [3.63, 3.8) is 0 Å². The van der Waals surface area contributed by atoms with Gasteiger partial charge in [0, 0.05) is 19.8 Å². The molecule has 1 N–H and O–H groups in total. The summed E-state index contributed by atoms with van der Waals surface area (Å²) in [5, 5.41) is 4.76. The van der Waals surface area contributed by atoms with E-state index in [0.717, 1.165) is 10.6 Å². The van der Waals surface area contributed by atoms with Gasteiger partial charge in [0.05, 0.1) is 6.04 Å². The van der Waals surface area contributed by atoms with E-state index in [0.29, 0.717) is 5.02 Å². The first kappa shape index (κ1) is 13.9. The molecule has 1 aromatic heterocycles. The number of aryl methyl sites for hydroxylation is 2. The average Bonchev–Trinajstić information content (AvgIpc) is 2.65. The Bertz CT molecular complexity index is 543. The molecule has 0 amide bonds. The van der Waals surface area contributed by atoms with Crippen LogP contribution in [0.15, 0.2) is 24.3 Å². The van der Waals surface area contributed by atoms with Crippen LogP contribution in [-0.2, 0) is 0 Å². The van der Waals surface area contributed by atoms with Crippen molar-refractivity contribution in [3.8, 4) is 0 Å². The van der Waals surface area contributed by atoms with Crippen LogP contribution in [0.3, 0.4) is 0 Å². The van der Waals surface area contributed by atoms with Gasteiger partial charge < -0.3 is 5.32 Å². The van der Waals surface area contributed by atoms with Crippen LogP contribution in [0, 0.1) is 13.8 Å². The lowest BCUT2D eigenvalue weighted by Gasteiger charge is -2.17. The van der Waals surface area contributed by atoms with Crippen LogP contribution in [0.5, 0.6) is 0 Å². The molecule has 1 nitrogen and oxygen atoms in total. The molecule has 18 heavy (non-hydrogen) atoms. The number of benzene rings is 1. The van der Waals surface area contributed by atoms with Crippen LogP contribution in [0.2, 0.25) is 10.0 Å². The molecule has 2 rings (SSSR count). The molecule has 4 heteroatoms. The zero-order valence-electron chi connectivity index (χ0n) is 10.6. The monoisotopic (exact) mass is 299 g/mol. The van der Waals surface area contributed by atoms with Gasteiger partial charge in [0.2, 0.25) is 0 Å². The highest BCUT2D eigenvalue weighted by molar-refractivity contribution is 7.12. The number of hydrogen-bond acceptors (Lipinski definition) is 2. The fourth-order valence-corrected chi connectivity index (χ4v) is 3.51. The van der Waals surface area contributed by atoms with E-state index in [9.17, 15) is 0 Å². The Balaban J connectivity index is 2.48. The van der Waals surface area contributed by atoms with Gasteiger partial charge in [-0.1, -0.05) is 23.2 Å². The van der Waals surface area contributed by atoms with Crippen molar-refractivity contribution in [1.82, 2.24) is 5.32 Å². The van der Waals surface area contributed by atoms with Gasteiger partial charge in [0.25, 0.3) is 0 Å². The average molecular weight is 300 g/mol. The lowest BCUT2D eigenvalue weighted by Crippen LogP contribution is -2.16. The van der Waals surface area contributed by atoms with Crippen LogP contribution in [-0.4, -0.2) is 7.05 Å². The highest BCUT2D eigenvalue weighted by Gasteiger charge is 2.18. The largest absolute Gasteiger partial charge is 0.309 e. The zero-order chi connectivity index (χ0) is 13.3. The second-order valence-corrected chi connectivity index (χ2v) is 6.41.